The SMILES string of the molecule is Cc1nc2ccccc2n1C1CN(C2=NS(=O)(=O)c3ccccc32)C1. The highest BCUT2D eigenvalue weighted by Crippen LogP contribution is 2.33. The third kappa shape index (κ3) is 2.05. The van der Waals surface area contributed by atoms with Crippen LogP contribution in [0.5, 0.6) is 0 Å². The molecule has 7 heteroatoms. The van der Waals surface area contributed by atoms with Crippen LogP contribution in [0.1, 0.15) is 17.4 Å². The smallest absolute Gasteiger partial charge is 0.285 e. The number of aromatic nitrogens is 2. The molecule has 25 heavy (non-hydrogen) atoms. The number of likely N-dealkylation sites (tertiary alicyclic amines) is 1. The molecule has 2 aromatic carbocycles. The molecule has 0 spiro atoms. The molecule has 6 nitrogen and oxygen atoms in total. The molecule has 1 aromatic heterocycles. The first-order valence-electron chi connectivity index (χ1n) is 8.17. The summed E-state index contributed by atoms with van der Waals surface area (Å²) in [5.74, 6) is 1.54. The van der Waals surface area contributed by atoms with Crippen molar-refractivity contribution in [3.05, 3.63) is 59.9 Å². The van der Waals surface area contributed by atoms with E-state index < -0.39 is 10.0 Å². The summed E-state index contributed by atoms with van der Waals surface area (Å²) in [4.78, 5) is 6.95. The third-order valence-electron chi connectivity index (χ3n) is 4.91. The first-order chi connectivity index (χ1) is 12.0. The minimum atomic E-state index is -3.56. The van der Waals surface area contributed by atoms with Gasteiger partial charge in [-0.3, -0.25) is 0 Å². The highest BCUT2D eigenvalue weighted by molar-refractivity contribution is 7.90. The van der Waals surface area contributed by atoms with Crippen molar-refractivity contribution in [3.8, 4) is 0 Å². The minimum Gasteiger partial charge on any atom is -0.351 e. The molecule has 3 aromatic rings. The van der Waals surface area contributed by atoms with Gasteiger partial charge in [0.15, 0.2) is 5.84 Å². The highest BCUT2D eigenvalue weighted by Gasteiger charge is 2.38. The van der Waals surface area contributed by atoms with Crippen LogP contribution in [0.15, 0.2) is 57.8 Å². The zero-order valence-electron chi connectivity index (χ0n) is 13.6. The van der Waals surface area contributed by atoms with Gasteiger partial charge in [0, 0.05) is 18.7 Å². The Morgan fingerprint density at radius 1 is 1.04 bits per heavy atom. The van der Waals surface area contributed by atoms with Gasteiger partial charge in [-0.1, -0.05) is 24.3 Å². The van der Waals surface area contributed by atoms with Crippen LogP contribution in [-0.2, 0) is 10.0 Å². The predicted octanol–water partition coefficient (Wildman–Crippen LogP) is 2.35. The average molecular weight is 352 g/mol. The molecule has 0 unspecified atom stereocenters. The molecule has 1 fully saturated rings. The van der Waals surface area contributed by atoms with Crippen molar-refractivity contribution in [1.82, 2.24) is 14.5 Å². The van der Waals surface area contributed by atoms with Crippen LogP contribution in [-0.4, -0.2) is 41.8 Å². The van der Waals surface area contributed by atoms with Crippen molar-refractivity contribution in [2.24, 2.45) is 4.40 Å². The summed E-state index contributed by atoms with van der Waals surface area (Å²) in [6.07, 6.45) is 0. The molecule has 0 saturated carbocycles. The van der Waals surface area contributed by atoms with E-state index in [0.29, 0.717) is 16.3 Å². The van der Waals surface area contributed by atoms with Crippen LogP contribution < -0.4 is 0 Å². The molecule has 0 atom stereocenters. The second-order valence-electron chi connectivity index (χ2n) is 6.46. The first-order valence-corrected chi connectivity index (χ1v) is 9.61. The van der Waals surface area contributed by atoms with Crippen LogP contribution in [0.4, 0.5) is 0 Å². The number of rotatable bonds is 1. The number of hydrogen-bond acceptors (Lipinski definition) is 4. The lowest BCUT2D eigenvalue weighted by molar-refractivity contribution is 0.195. The lowest BCUT2D eigenvalue weighted by atomic mass is 10.1. The van der Waals surface area contributed by atoms with Crippen molar-refractivity contribution < 1.29 is 8.42 Å². The van der Waals surface area contributed by atoms with Gasteiger partial charge < -0.3 is 9.47 Å². The Morgan fingerprint density at radius 2 is 1.76 bits per heavy atom. The molecular weight excluding hydrogens is 336 g/mol. The van der Waals surface area contributed by atoms with Gasteiger partial charge in [-0.25, -0.2) is 4.98 Å². The summed E-state index contributed by atoms with van der Waals surface area (Å²) >= 11 is 0. The maximum atomic E-state index is 12.2. The van der Waals surface area contributed by atoms with Gasteiger partial charge in [0.25, 0.3) is 10.0 Å². The zero-order chi connectivity index (χ0) is 17.2. The highest BCUT2D eigenvalue weighted by atomic mass is 32.2. The van der Waals surface area contributed by atoms with Crippen LogP contribution in [0.25, 0.3) is 11.0 Å². The molecular formula is C18H16N4O2S. The molecule has 0 amide bonds. The summed E-state index contributed by atoms with van der Waals surface area (Å²) in [6, 6.07) is 15.4. The topological polar surface area (TPSA) is 67.6 Å². The van der Waals surface area contributed by atoms with Gasteiger partial charge in [0.05, 0.1) is 17.1 Å². The second-order valence-corrected chi connectivity index (χ2v) is 8.04. The number of para-hydroxylation sites is 2. The predicted molar refractivity (Wildman–Crippen MR) is 95.2 cm³/mol. The lowest BCUT2D eigenvalue weighted by Crippen LogP contribution is -2.50. The van der Waals surface area contributed by atoms with Gasteiger partial charge in [0.1, 0.15) is 10.7 Å². The zero-order valence-corrected chi connectivity index (χ0v) is 14.4. The Kier molecular flexibility index (Phi) is 2.88. The molecule has 0 N–H and O–H groups in total. The molecule has 2 aliphatic heterocycles. The summed E-state index contributed by atoms with van der Waals surface area (Å²) < 4.78 is 30.7. The number of sulfonamides is 1. The first kappa shape index (κ1) is 14.7. The van der Waals surface area contributed by atoms with Gasteiger partial charge in [-0.2, -0.15) is 8.42 Å². The maximum absolute atomic E-state index is 12.2. The Morgan fingerprint density at radius 3 is 2.60 bits per heavy atom. The van der Waals surface area contributed by atoms with Crippen molar-refractivity contribution in [2.75, 3.05) is 13.1 Å². The molecule has 5 rings (SSSR count). The fraction of sp³-hybridized carbons (Fsp3) is 0.222. The van der Waals surface area contributed by atoms with Crippen molar-refractivity contribution in [2.45, 2.75) is 17.9 Å². The average Bonchev–Trinajstić information content (AvgIpc) is 3.02. The maximum Gasteiger partial charge on any atom is 0.285 e. The number of imidazole rings is 1. The summed E-state index contributed by atoms with van der Waals surface area (Å²) in [6.45, 7) is 3.46. The molecule has 0 aliphatic carbocycles. The number of benzene rings is 2. The Hall–Kier alpha value is -2.67. The van der Waals surface area contributed by atoms with Gasteiger partial charge in [-0.15, -0.1) is 4.40 Å². The lowest BCUT2D eigenvalue weighted by Gasteiger charge is -2.41. The van der Waals surface area contributed by atoms with E-state index in [4.69, 9.17) is 0 Å². The van der Waals surface area contributed by atoms with E-state index in [-0.39, 0.29) is 6.04 Å². The number of nitrogens with zero attached hydrogens (tertiary/aromatic N) is 4. The van der Waals surface area contributed by atoms with E-state index in [9.17, 15) is 8.42 Å². The number of aryl methyl sites for hydroxylation is 1. The minimum absolute atomic E-state index is 0.269. The van der Waals surface area contributed by atoms with Gasteiger partial charge in [-0.05, 0) is 31.2 Å². The number of amidine groups is 1. The second kappa shape index (κ2) is 4.92. The van der Waals surface area contributed by atoms with E-state index in [1.807, 2.05) is 42.2 Å². The molecule has 0 radical (unpaired) electrons. The third-order valence-corrected chi connectivity index (χ3v) is 6.24. The Balaban J connectivity index is 1.47. The summed E-state index contributed by atoms with van der Waals surface area (Å²) in [5.41, 5.74) is 2.81. The fourth-order valence-electron chi connectivity index (χ4n) is 3.73. The van der Waals surface area contributed by atoms with Crippen LogP contribution in [0, 0.1) is 6.92 Å². The van der Waals surface area contributed by atoms with E-state index in [1.54, 1.807) is 12.1 Å². The molecule has 0 bridgehead atoms. The Bertz CT molecular complexity index is 1140. The van der Waals surface area contributed by atoms with Crippen molar-refractivity contribution >= 4 is 26.9 Å². The number of hydrogen-bond donors (Lipinski definition) is 0. The van der Waals surface area contributed by atoms with E-state index in [0.717, 1.165) is 29.9 Å². The van der Waals surface area contributed by atoms with Crippen LogP contribution in [0.2, 0.25) is 0 Å². The number of fused-ring (bicyclic) bond motifs is 2. The standard InChI is InChI=1S/C18H16N4O2S/c1-12-19-15-7-3-4-8-16(15)22(12)13-10-21(11-13)18-14-6-2-5-9-17(14)25(23,24)20-18/h2-9,13H,10-11H2,1H3. The summed E-state index contributed by atoms with van der Waals surface area (Å²) in [5, 5.41) is 0. The Labute approximate surface area is 145 Å². The molecule has 3 heterocycles. The molecule has 126 valence electrons. The van der Waals surface area contributed by atoms with Crippen LogP contribution in [0.3, 0.4) is 0 Å². The van der Waals surface area contributed by atoms with Gasteiger partial charge in [0.2, 0.25) is 0 Å². The largest absolute Gasteiger partial charge is 0.351 e. The van der Waals surface area contributed by atoms with E-state index in [1.165, 1.54) is 0 Å². The molecule has 2 aliphatic rings. The fourth-order valence-corrected chi connectivity index (χ4v) is 4.96. The monoisotopic (exact) mass is 352 g/mol. The van der Waals surface area contributed by atoms with E-state index in [2.05, 4.69) is 20.0 Å². The van der Waals surface area contributed by atoms with Crippen molar-refractivity contribution in [1.29, 1.82) is 0 Å². The van der Waals surface area contributed by atoms with Gasteiger partial charge >= 0.3 is 0 Å². The summed E-state index contributed by atoms with van der Waals surface area (Å²) in [7, 11) is -3.56. The van der Waals surface area contributed by atoms with Crippen molar-refractivity contribution in [3.63, 3.8) is 0 Å². The quantitative estimate of drug-likeness (QED) is 0.674. The van der Waals surface area contributed by atoms with E-state index >= 15 is 0 Å². The normalized spacial score (nSPS) is 18.9. The van der Waals surface area contributed by atoms with Crippen LogP contribution >= 0.6 is 0 Å². The molecule has 1 saturated heterocycles.